The molecule has 2 rings (SSSR count). The Bertz CT molecular complexity index is 342. The number of benzene rings is 1. The molecule has 0 bridgehead atoms. The molecular weight excluding hydrogens is 218 g/mol. The van der Waals surface area contributed by atoms with Gasteiger partial charge in [-0.2, -0.15) is 0 Å². The van der Waals surface area contributed by atoms with Crippen molar-refractivity contribution in [3.63, 3.8) is 0 Å². The molecule has 1 aromatic rings. The molecule has 0 fully saturated rings. The summed E-state index contributed by atoms with van der Waals surface area (Å²) in [5, 5.41) is 12.4. The van der Waals surface area contributed by atoms with Gasteiger partial charge < -0.3 is 10.4 Å². The maximum Gasteiger partial charge on any atom is 0.0468 e. The third kappa shape index (κ3) is 2.78. The molecule has 88 valence electrons. The van der Waals surface area contributed by atoms with Crippen LogP contribution in [0.5, 0.6) is 0 Å². The molecule has 0 spiro atoms. The summed E-state index contributed by atoms with van der Waals surface area (Å²) in [6, 6.07) is 8.66. The maximum absolute atomic E-state index is 8.94. The van der Waals surface area contributed by atoms with Gasteiger partial charge in [-0.3, -0.25) is 0 Å². The Kier molecular flexibility index (Phi) is 4.27. The van der Waals surface area contributed by atoms with Crippen LogP contribution in [0.4, 0.5) is 0 Å². The average molecular weight is 237 g/mol. The number of fused-ring (bicyclic) bond motifs is 1. The summed E-state index contributed by atoms with van der Waals surface area (Å²) in [5.74, 6) is 2.16. The zero-order valence-corrected chi connectivity index (χ0v) is 10.5. The highest BCUT2D eigenvalue weighted by Crippen LogP contribution is 2.38. The molecule has 16 heavy (non-hydrogen) atoms. The van der Waals surface area contributed by atoms with Gasteiger partial charge in [-0.25, -0.2) is 0 Å². The van der Waals surface area contributed by atoms with Gasteiger partial charge >= 0.3 is 0 Å². The summed E-state index contributed by atoms with van der Waals surface area (Å²) in [5.41, 5.74) is 1.48. The Morgan fingerprint density at radius 1 is 1.50 bits per heavy atom. The highest BCUT2D eigenvalue weighted by Gasteiger charge is 2.21. The van der Waals surface area contributed by atoms with Crippen LogP contribution >= 0.6 is 11.8 Å². The van der Waals surface area contributed by atoms with Crippen molar-refractivity contribution >= 4 is 11.8 Å². The van der Waals surface area contributed by atoms with Crippen LogP contribution < -0.4 is 5.32 Å². The highest BCUT2D eigenvalue weighted by molar-refractivity contribution is 7.99. The third-order valence-corrected chi connectivity index (χ3v) is 4.25. The first-order valence-corrected chi connectivity index (χ1v) is 6.83. The Morgan fingerprint density at radius 3 is 3.12 bits per heavy atom. The number of aliphatic hydroxyl groups is 1. The van der Waals surface area contributed by atoms with E-state index in [4.69, 9.17) is 5.11 Å². The average Bonchev–Trinajstić information content (AvgIpc) is 2.73. The van der Waals surface area contributed by atoms with Crippen LogP contribution in [0.2, 0.25) is 0 Å². The Balaban J connectivity index is 1.84. The predicted molar refractivity (Wildman–Crippen MR) is 69.0 cm³/mol. The maximum atomic E-state index is 8.94. The summed E-state index contributed by atoms with van der Waals surface area (Å²) < 4.78 is 0. The van der Waals surface area contributed by atoms with Gasteiger partial charge in [0.25, 0.3) is 0 Å². The van der Waals surface area contributed by atoms with E-state index in [9.17, 15) is 0 Å². The van der Waals surface area contributed by atoms with E-state index in [2.05, 4.69) is 36.5 Å². The molecule has 2 N–H and O–H groups in total. The van der Waals surface area contributed by atoms with Gasteiger partial charge in [0.2, 0.25) is 0 Å². The summed E-state index contributed by atoms with van der Waals surface area (Å²) in [4.78, 5) is 1.43. The molecule has 0 amide bonds. The molecule has 0 aromatic heterocycles. The second-order valence-corrected chi connectivity index (χ2v) is 5.55. The second-order valence-electron chi connectivity index (χ2n) is 4.49. The van der Waals surface area contributed by atoms with Gasteiger partial charge in [0.05, 0.1) is 0 Å². The zero-order valence-electron chi connectivity index (χ0n) is 9.65. The fourth-order valence-electron chi connectivity index (χ4n) is 1.97. The molecular formula is C13H19NOS. The van der Waals surface area contributed by atoms with Crippen molar-refractivity contribution in [3.05, 3.63) is 29.8 Å². The minimum atomic E-state index is 0.267. The lowest BCUT2D eigenvalue weighted by Crippen LogP contribution is -2.27. The van der Waals surface area contributed by atoms with Crippen LogP contribution in [0, 0.1) is 5.92 Å². The van der Waals surface area contributed by atoms with Crippen LogP contribution in [0.25, 0.3) is 0 Å². The molecule has 1 aliphatic heterocycles. The summed E-state index contributed by atoms with van der Waals surface area (Å²) in [7, 11) is 0. The molecule has 0 saturated heterocycles. The monoisotopic (exact) mass is 237 g/mol. The summed E-state index contributed by atoms with van der Waals surface area (Å²) in [6.07, 6.45) is 0. The number of hydrogen-bond acceptors (Lipinski definition) is 3. The summed E-state index contributed by atoms with van der Waals surface area (Å²) in [6.45, 7) is 4.25. The topological polar surface area (TPSA) is 32.3 Å². The summed E-state index contributed by atoms with van der Waals surface area (Å²) >= 11 is 1.95. The largest absolute Gasteiger partial charge is 0.396 e. The van der Waals surface area contributed by atoms with E-state index >= 15 is 0 Å². The number of rotatable bonds is 5. The lowest BCUT2D eigenvalue weighted by atomic mass is 10.0. The first kappa shape index (κ1) is 12.0. The van der Waals surface area contributed by atoms with Crippen molar-refractivity contribution in [2.24, 2.45) is 5.92 Å². The minimum Gasteiger partial charge on any atom is -0.396 e. The van der Waals surface area contributed by atoms with E-state index in [1.807, 2.05) is 11.8 Å². The Morgan fingerprint density at radius 2 is 2.31 bits per heavy atom. The quantitative estimate of drug-likeness (QED) is 0.822. The fourth-order valence-corrected chi connectivity index (χ4v) is 3.22. The smallest absolute Gasteiger partial charge is 0.0468 e. The van der Waals surface area contributed by atoms with E-state index in [0.717, 1.165) is 13.1 Å². The van der Waals surface area contributed by atoms with Gasteiger partial charge in [0, 0.05) is 29.7 Å². The van der Waals surface area contributed by atoms with Gasteiger partial charge in [-0.1, -0.05) is 25.1 Å². The van der Waals surface area contributed by atoms with E-state index in [-0.39, 0.29) is 6.61 Å². The van der Waals surface area contributed by atoms with Crippen LogP contribution in [0.3, 0.4) is 0 Å². The second kappa shape index (κ2) is 5.71. The molecule has 0 saturated carbocycles. The van der Waals surface area contributed by atoms with Crippen molar-refractivity contribution < 1.29 is 5.11 Å². The predicted octanol–water partition coefficient (Wildman–Crippen LogP) is 2.09. The molecule has 2 unspecified atom stereocenters. The SMILES string of the molecule is CC(CO)CNCC1CSc2ccccc21. The highest BCUT2D eigenvalue weighted by atomic mass is 32.2. The molecule has 1 aliphatic rings. The normalized spacial score (nSPS) is 20.8. The Hall–Kier alpha value is -0.510. The molecule has 2 nitrogen and oxygen atoms in total. The lowest BCUT2D eigenvalue weighted by molar-refractivity contribution is 0.233. The molecule has 0 aliphatic carbocycles. The van der Waals surface area contributed by atoms with E-state index in [1.165, 1.54) is 16.2 Å². The molecule has 2 atom stereocenters. The van der Waals surface area contributed by atoms with Crippen LogP contribution in [-0.2, 0) is 0 Å². The molecule has 1 aromatic carbocycles. The first-order chi connectivity index (χ1) is 7.81. The number of hydrogen-bond donors (Lipinski definition) is 2. The van der Waals surface area contributed by atoms with E-state index < -0.39 is 0 Å². The first-order valence-electron chi connectivity index (χ1n) is 5.84. The van der Waals surface area contributed by atoms with E-state index in [0.29, 0.717) is 11.8 Å². The standard InChI is InChI=1S/C13H19NOS/c1-10(8-15)6-14-7-11-9-16-13-5-3-2-4-12(11)13/h2-5,10-11,14-15H,6-9H2,1H3. The van der Waals surface area contributed by atoms with Crippen molar-refractivity contribution in [2.45, 2.75) is 17.7 Å². The van der Waals surface area contributed by atoms with Gasteiger partial charge in [-0.05, 0) is 24.1 Å². The van der Waals surface area contributed by atoms with Crippen molar-refractivity contribution in [2.75, 3.05) is 25.4 Å². The lowest BCUT2D eigenvalue weighted by Gasteiger charge is -2.14. The molecule has 0 radical (unpaired) electrons. The van der Waals surface area contributed by atoms with Crippen molar-refractivity contribution in [1.29, 1.82) is 0 Å². The van der Waals surface area contributed by atoms with Crippen molar-refractivity contribution in [3.8, 4) is 0 Å². The number of thioether (sulfide) groups is 1. The van der Waals surface area contributed by atoms with Crippen LogP contribution in [0.15, 0.2) is 29.2 Å². The van der Waals surface area contributed by atoms with Gasteiger partial charge in [0.1, 0.15) is 0 Å². The number of aliphatic hydroxyl groups excluding tert-OH is 1. The zero-order chi connectivity index (χ0) is 11.4. The molecule has 3 heteroatoms. The van der Waals surface area contributed by atoms with Crippen molar-refractivity contribution in [1.82, 2.24) is 5.32 Å². The van der Waals surface area contributed by atoms with Crippen LogP contribution in [0.1, 0.15) is 18.4 Å². The van der Waals surface area contributed by atoms with Gasteiger partial charge in [-0.15, -0.1) is 11.8 Å². The molecule has 1 heterocycles. The Labute approximate surface area is 101 Å². The number of nitrogens with one attached hydrogen (secondary N) is 1. The fraction of sp³-hybridized carbons (Fsp3) is 0.538. The minimum absolute atomic E-state index is 0.267. The van der Waals surface area contributed by atoms with E-state index in [1.54, 1.807) is 0 Å². The van der Waals surface area contributed by atoms with Crippen LogP contribution in [-0.4, -0.2) is 30.6 Å². The van der Waals surface area contributed by atoms with Gasteiger partial charge in [0.15, 0.2) is 0 Å². The third-order valence-electron chi connectivity index (χ3n) is 2.99.